The van der Waals surface area contributed by atoms with Gasteiger partial charge in [-0.2, -0.15) is 0 Å². The minimum absolute atomic E-state index is 0.0813. The summed E-state index contributed by atoms with van der Waals surface area (Å²) in [6, 6.07) is 6.79. The zero-order chi connectivity index (χ0) is 11.1. The van der Waals surface area contributed by atoms with E-state index in [4.69, 9.17) is 0 Å². The molecule has 1 nitrogen and oxygen atoms in total. The Morgan fingerprint density at radius 3 is 2.53 bits per heavy atom. The molecular formula is C14H20O. The lowest BCUT2D eigenvalue weighted by Crippen LogP contribution is -2.21. The van der Waals surface area contributed by atoms with E-state index in [0.717, 1.165) is 12.8 Å². The first-order valence-electron chi connectivity index (χ1n) is 5.77. The summed E-state index contributed by atoms with van der Waals surface area (Å²) in [5.74, 6) is 0.594. The Labute approximate surface area is 92.1 Å². The lowest BCUT2D eigenvalue weighted by atomic mass is 9.88. The molecule has 0 bridgehead atoms. The van der Waals surface area contributed by atoms with Crippen LogP contribution in [-0.4, -0.2) is 11.7 Å². The highest BCUT2D eigenvalue weighted by Crippen LogP contribution is 2.37. The van der Waals surface area contributed by atoms with Crippen LogP contribution in [0.3, 0.4) is 0 Å². The zero-order valence-electron chi connectivity index (χ0n) is 9.88. The van der Waals surface area contributed by atoms with Gasteiger partial charge in [0, 0.05) is 6.61 Å². The summed E-state index contributed by atoms with van der Waals surface area (Å²) < 4.78 is 0. The van der Waals surface area contributed by atoms with Crippen LogP contribution in [0.25, 0.3) is 0 Å². The molecule has 0 heterocycles. The van der Waals surface area contributed by atoms with E-state index in [1.54, 1.807) is 0 Å². The Morgan fingerprint density at radius 1 is 1.27 bits per heavy atom. The molecule has 0 unspecified atom stereocenters. The van der Waals surface area contributed by atoms with Crippen LogP contribution in [0.4, 0.5) is 0 Å². The molecular weight excluding hydrogens is 184 g/mol. The maximum absolute atomic E-state index is 9.38. The van der Waals surface area contributed by atoms with Gasteiger partial charge in [-0.25, -0.2) is 0 Å². The number of aliphatic hydroxyl groups is 1. The van der Waals surface area contributed by atoms with Gasteiger partial charge in [-0.15, -0.1) is 0 Å². The van der Waals surface area contributed by atoms with Crippen molar-refractivity contribution in [2.24, 2.45) is 5.41 Å². The van der Waals surface area contributed by atoms with Gasteiger partial charge in [0.25, 0.3) is 0 Å². The van der Waals surface area contributed by atoms with Crippen LogP contribution < -0.4 is 0 Å². The predicted molar refractivity (Wildman–Crippen MR) is 63.1 cm³/mol. The standard InChI is InChI=1S/C14H20O/c1-10(2)11-4-5-12-7-14(3,9-15)8-13(12)6-11/h4-6,10,15H,7-9H2,1-3H3/t14-/m1/s1. The highest BCUT2D eigenvalue weighted by atomic mass is 16.3. The first-order valence-corrected chi connectivity index (χ1v) is 5.77. The molecule has 15 heavy (non-hydrogen) atoms. The van der Waals surface area contributed by atoms with Crippen molar-refractivity contribution in [2.75, 3.05) is 6.61 Å². The van der Waals surface area contributed by atoms with Crippen molar-refractivity contribution < 1.29 is 5.11 Å². The van der Waals surface area contributed by atoms with Gasteiger partial charge in [0.1, 0.15) is 0 Å². The second-order valence-electron chi connectivity index (χ2n) is 5.51. The maximum atomic E-state index is 9.38. The van der Waals surface area contributed by atoms with Gasteiger partial charge in [0.2, 0.25) is 0 Å². The molecule has 0 radical (unpaired) electrons. The van der Waals surface area contributed by atoms with Crippen molar-refractivity contribution in [3.8, 4) is 0 Å². The number of aliphatic hydroxyl groups excluding tert-OH is 1. The molecule has 2 rings (SSSR count). The van der Waals surface area contributed by atoms with E-state index in [9.17, 15) is 5.11 Å². The summed E-state index contributed by atoms with van der Waals surface area (Å²) in [5.41, 5.74) is 4.36. The molecule has 1 atom stereocenters. The molecule has 82 valence electrons. The van der Waals surface area contributed by atoms with Crippen molar-refractivity contribution >= 4 is 0 Å². The van der Waals surface area contributed by atoms with E-state index in [-0.39, 0.29) is 5.41 Å². The molecule has 1 heteroatoms. The molecule has 0 fully saturated rings. The van der Waals surface area contributed by atoms with E-state index in [1.807, 2.05) is 0 Å². The quantitative estimate of drug-likeness (QED) is 0.785. The topological polar surface area (TPSA) is 20.2 Å². The number of benzene rings is 1. The Hall–Kier alpha value is -0.820. The third-order valence-corrected chi connectivity index (χ3v) is 3.51. The molecule has 1 aromatic rings. The average molecular weight is 204 g/mol. The molecule has 1 aliphatic carbocycles. The van der Waals surface area contributed by atoms with Crippen LogP contribution in [0.5, 0.6) is 0 Å². The van der Waals surface area contributed by atoms with Gasteiger partial charge in [0.05, 0.1) is 0 Å². The number of hydrogen-bond donors (Lipinski definition) is 1. The van der Waals surface area contributed by atoms with Crippen molar-refractivity contribution in [1.29, 1.82) is 0 Å². The number of fused-ring (bicyclic) bond motifs is 1. The van der Waals surface area contributed by atoms with Gasteiger partial charge < -0.3 is 5.11 Å². The van der Waals surface area contributed by atoms with E-state index in [1.165, 1.54) is 16.7 Å². The Kier molecular flexibility index (Phi) is 2.59. The largest absolute Gasteiger partial charge is 0.396 e. The lowest BCUT2D eigenvalue weighted by Gasteiger charge is -2.19. The SMILES string of the molecule is CC(C)c1ccc2c(c1)C[C@](C)(CO)C2. The molecule has 0 aromatic heterocycles. The van der Waals surface area contributed by atoms with Crippen LogP contribution in [0.2, 0.25) is 0 Å². The fourth-order valence-electron chi connectivity index (χ4n) is 2.44. The van der Waals surface area contributed by atoms with Crippen LogP contribution in [-0.2, 0) is 12.8 Å². The number of hydrogen-bond acceptors (Lipinski definition) is 1. The first kappa shape index (κ1) is 10.7. The predicted octanol–water partition coefficient (Wildman–Crippen LogP) is 2.91. The van der Waals surface area contributed by atoms with E-state index in [2.05, 4.69) is 39.0 Å². The molecule has 0 aliphatic heterocycles. The molecule has 0 spiro atoms. The summed E-state index contributed by atoms with van der Waals surface area (Å²) in [6.45, 7) is 6.91. The Bertz CT molecular complexity index is 368. The van der Waals surface area contributed by atoms with Gasteiger partial charge in [0.15, 0.2) is 0 Å². The van der Waals surface area contributed by atoms with Gasteiger partial charge >= 0.3 is 0 Å². The van der Waals surface area contributed by atoms with Gasteiger partial charge in [-0.3, -0.25) is 0 Å². The van der Waals surface area contributed by atoms with E-state index in [0.29, 0.717) is 12.5 Å². The normalized spacial score (nSPS) is 24.6. The summed E-state index contributed by atoms with van der Waals surface area (Å²) in [4.78, 5) is 0. The van der Waals surface area contributed by atoms with Crippen LogP contribution in [0, 0.1) is 5.41 Å². The Balaban J connectivity index is 2.31. The second kappa shape index (κ2) is 3.64. The molecule has 1 aliphatic rings. The van der Waals surface area contributed by atoms with Crippen LogP contribution >= 0.6 is 0 Å². The molecule has 0 saturated heterocycles. The molecule has 0 amide bonds. The second-order valence-corrected chi connectivity index (χ2v) is 5.51. The summed E-state index contributed by atoms with van der Waals surface area (Å²) >= 11 is 0. The number of rotatable bonds is 2. The third kappa shape index (κ3) is 1.93. The van der Waals surface area contributed by atoms with Crippen LogP contribution in [0.1, 0.15) is 43.4 Å². The van der Waals surface area contributed by atoms with E-state index < -0.39 is 0 Å². The zero-order valence-corrected chi connectivity index (χ0v) is 9.88. The minimum atomic E-state index is 0.0813. The highest BCUT2D eigenvalue weighted by molar-refractivity contribution is 5.38. The first-order chi connectivity index (χ1) is 7.04. The Morgan fingerprint density at radius 2 is 1.93 bits per heavy atom. The minimum Gasteiger partial charge on any atom is -0.396 e. The van der Waals surface area contributed by atoms with Crippen molar-refractivity contribution in [2.45, 2.75) is 39.5 Å². The van der Waals surface area contributed by atoms with E-state index >= 15 is 0 Å². The maximum Gasteiger partial charge on any atom is 0.0491 e. The molecule has 0 saturated carbocycles. The summed E-state index contributed by atoms with van der Waals surface area (Å²) in [7, 11) is 0. The highest BCUT2D eigenvalue weighted by Gasteiger charge is 2.32. The smallest absolute Gasteiger partial charge is 0.0491 e. The fourth-order valence-corrected chi connectivity index (χ4v) is 2.44. The average Bonchev–Trinajstić information content (AvgIpc) is 2.53. The van der Waals surface area contributed by atoms with Gasteiger partial charge in [-0.05, 0) is 40.9 Å². The molecule has 1 aromatic carbocycles. The lowest BCUT2D eigenvalue weighted by molar-refractivity contribution is 0.152. The van der Waals surface area contributed by atoms with Crippen molar-refractivity contribution in [1.82, 2.24) is 0 Å². The fraction of sp³-hybridized carbons (Fsp3) is 0.571. The van der Waals surface area contributed by atoms with Crippen molar-refractivity contribution in [3.05, 3.63) is 34.9 Å². The van der Waals surface area contributed by atoms with Gasteiger partial charge in [-0.1, -0.05) is 39.0 Å². The monoisotopic (exact) mass is 204 g/mol. The molecule has 1 N–H and O–H groups in total. The van der Waals surface area contributed by atoms with Crippen molar-refractivity contribution in [3.63, 3.8) is 0 Å². The summed E-state index contributed by atoms with van der Waals surface area (Å²) in [5, 5.41) is 9.38. The third-order valence-electron chi connectivity index (χ3n) is 3.51. The summed E-state index contributed by atoms with van der Waals surface area (Å²) in [6.07, 6.45) is 2.05. The van der Waals surface area contributed by atoms with Crippen LogP contribution in [0.15, 0.2) is 18.2 Å².